The Bertz CT molecular complexity index is 829. The number of hydrogen-bond acceptors (Lipinski definition) is 3. The summed E-state index contributed by atoms with van der Waals surface area (Å²) in [7, 11) is 1.83. The zero-order valence-corrected chi connectivity index (χ0v) is 12.6. The molecule has 0 spiro atoms. The first-order chi connectivity index (χ1) is 10.7. The van der Waals surface area contributed by atoms with E-state index in [1.54, 1.807) is 18.2 Å². The third-order valence-electron chi connectivity index (χ3n) is 3.94. The van der Waals surface area contributed by atoms with E-state index < -0.39 is 0 Å². The van der Waals surface area contributed by atoms with Crippen molar-refractivity contribution in [3.05, 3.63) is 64.2 Å². The van der Waals surface area contributed by atoms with Crippen LogP contribution in [-0.4, -0.2) is 13.0 Å². The summed E-state index contributed by atoms with van der Waals surface area (Å²) in [5, 5.41) is 6.56. The SMILES string of the molecule is CNC1OC(=C2C(=O)Nc3ccc(Cl)cc32)c2ccccc21. The number of amides is 1. The van der Waals surface area contributed by atoms with Crippen LogP contribution in [0.1, 0.15) is 22.9 Å². The highest BCUT2D eigenvalue weighted by Crippen LogP contribution is 2.45. The minimum absolute atomic E-state index is 0.168. The molecule has 0 aliphatic carbocycles. The largest absolute Gasteiger partial charge is 0.470 e. The third-order valence-corrected chi connectivity index (χ3v) is 4.17. The van der Waals surface area contributed by atoms with E-state index in [1.165, 1.54) is 0 Å². The number of carbonyl (C=O) groups is 1. The minimum Gasteiger partial charge on any atom is -0.470 e. The fraction of sp³-hybridized carbons (Fsp3) is 0.118. The number of carbonyl (C=O) groups excluding carboxylic acids is 1. The van der Waals surface area contributed by atoms with Crippen LogP contribution in [0.25, 0.3) is 11.3 Å². The molecule has 5 heteroatoms. The normalized spacial score (nSPS) is 22.1. The van der Waals surface area contributed by atoms with Crippen LogP contribution in [0.3, 0.4) is 0 Å². The Balaban J connectivity index is 1.97. The quantitative estimate of drug-likeness (QED) is 0.793. The summed E-state index contributed by atoms with van der Waals surface area (Å²) >= 11 is 6.08. The first-order valence-electron chi connectivity index (χ1n) is 6.98. The van der Waals surface area contributed by atoms with E-state index in [2.05, 4.69) is 10.6 Å². The molecule has 0 saturated heterocycles. The maximum absolute atomic E-state index is 12.4. The molecule has 4 nitrogen and oxygen atoms in total. The van der Waals surface area contributed by atoms with E-state index in [9.17, 15) is 4.79 Å². The van der Waals surface area contributed by atoms with Crippen molar-refractivity contribution < 1.29 is 9.53 Å². The van der Waals surface area contributed by atoms with E-state index in [0.717, 1.165) is 22.4 Å². The highest BCUT2D eigenvalue weighted by Gasteiger charge is 2.35. The molecule has 0 aromatic heterocycles. The number of benzene rings is 2. The lowest BCUT2D eigenvalue weighted by molar-refractivity contribution is -0.110. The van der Waals surface area contributed by atoms with Crippen LogP contribution in [-0.2, 0) is 9.53 Å². The number of rotatable bonds is 1. The Hall–Kier alpha value is -2.30. The molecular formula is C17H13ClN2O2. The van der Waals surface area contributed by atoms with Crippen molar-refractivity contribution in [3.8, 4) is 0 Å². The lowest BCUT2D eigenvalue weighted by Crippen LogP contribution is -2.14. The van der Waals surface area contributed by atoms with Gasteiger partial charge in [0.05, 0.1) is 5.57 Å². The molecule has 0 bridgehead atoms. The number of hydrogen-bond donors (Lipinski definition) is 2. The van der Waals surface area contributed by atoms with Crippen LogP contribution in [0.4, 0.5) is 5.69 Å². The molecule has 110 valence electrons. The van der Waals surface area contributed by atoms with Crippen molar-refractivity contribution in [2.75, 3.05) is 12.4 Å². The number of nitrogens with one attached hydrogen (secondary N) is 2. The van der Waals surface area contributed by atoms with Gasteiger partial charge in [0.15, 0.2) is 6.23 Å². The van der Waals surface area contributed by atoms with Crippen LogP contribution in [0, 0.1) is 0 Å². The Labute approximate surface area is 132 Å². The van der Waals surface area contributed by atoms with Gasteiger partial charge in [-0.3, -0.25) is 10.1 Å². The second-order valence-electron chi connectivity index (χ2n) is 5.22. The monoisotopic (exact) mass is 312 g/mol. The first kappa shape index (κ1) is 13.4. The number of halogens is 1. The molecular weight excluding hydrogens is 300 g/mol. The van der Waals surface area contributed by atoms with Gasteiger partial charge < -0.3 is 10.1 Å². The van der Waals surface area contributed by atoms with Crippen LogP contribution < -0.4 is 10.6 Å². The molecule has 1 amide bonds. The van der Waals surface area contributed by atoms with Crippen LogP contribution in [0.15, 0.2) is 42.5 Å². The molecule has 2 heterocycles. The average molecular weight is 313 g/mol. The summed E-state index contributed by atoms with van der Waals surface area (Å²) < 4.78 is 6.00. The second-order valence-corrected chi connectivity index (χ2v) is 5.66. The molecule has 2 N–H and O–H groups in total. The molecule has 2 aromatic carbocycles. The van der Waals surface area contributed by atoms with Gasteiger partial charge in [-0.1, -0.05) is 35.9 Å². The molecule has 1 unspecified atom stereocenters. The van der Waals surface area contributed by atoms with Gasteiger partial charge in [-0.05, 0) is 25.2 Å². The van der Waals surface area contributed by atoms with Gasteiger partial charge in [0.1, 0.15) is 5.76 Å². The molecule has 2 aliphatic rings. The molecule has 1 atom stereocenters. The summed E-state index contributed by atoms with van der Waals surface area (Å²) in [6, 6.07) is 13.2. The average Bonchev–Trinajstić information content (AvgIpc) is 3.04. The Morgan fingerprint density at radius 1 is 1.18 bits per heavy atom. The van der Waals surface area contributed by atoms with E-state index in [0.29, 0.717) is 16.4 Å². The van der Waals surface area contributed by atoms with E-state index in [4.69, 9.17) is 16.3 Å². The second kappa shape index (κ2) is 4.87. The van der Waals surface area contributed by atoms with Crippen molar-refractivity contribution in [3.63, 3.8) is 0 Å². The predicted octanol–water partition coefficient (Wildman–Crippen LogP) is 3.41. The highest BCUT2D eigenvalue weighted by molar-refractivity contribution is 6.38. The molecule has 0 radical (unpaired) electrons. The van der Waals surface area contributed by atoms with Crippen molar-refractivity contribution in [1.82, 2.24) is 5.32 Å². The zero-order chi connectivity index (χ0) is 15.3. The van der Waals surface area contributed by atoms with Crippen LogP contribution >= 0.6 is 11.6 Å². The van der Waals surface area contributed by atoms with Gasteiger partial charge in [0, 0.05) is 27.4 Å². The lowest BCUT2D eigenvalue weighted by Gasteiger charge is -2.11. The van der Waals surface area contributed by atoms with E-state index >= 15 is 0 Å². The summed E-state index contributed by atoms with van der Waals surface area (Å²) in [4.78, 5) is 12.4. The van der Waals surface area contributed by atoms with Crippen LogP contribution in [0.2, 0.25) is 5.02 Å². The van der Waals surface area contributed by atoms with Crippen molar-refractivity contribution >= 4 is 34.5 Å². The van der Waals surface area contributed by atoms with Gasteiger partial charge in [-0.2, -0.15) is 0 Å². The fourth-order valence-corrected chi connectivity index (χ4v) is 3.12. The van der Waals surface area contributed by atoms with E-state index in [-0.39, 0.29) is 12.1 Å². The fourth-order valence-electron chi connectivity index (χ4n) is 2.95. The number of anilines is 1. The van der Waals surface area contributed by atoms with Crippen LogP contribution in [0.5, 0.6) is 0 Å². The lowest BCUT2D eigenvalue weighted by atomic mass is 10.0. The standard InChI is InChI=1S/C17H13ClN2O2/c1-19-17-11-5-3-2-4-10(11)15(22-17)14-12-8-9(18)6-7-13(12)20-16(14)21/h2-8,17,19H,1H3,(H,20,21). The molecule has 4 rings (SSSR count). The van der Waals surface area contributed by atoms with Crippen molar-refractivity contribution in [1.29, 1.82) is 0 Å². The maximum atomic E-state index is 12.4. The Morgan fingerprint density at radius 2 is 2.00 bits per heavy atom. The van der Waals surface area contributed by atoms with Gasteiger partial charge in [0.25, 0.3) is 5.91 Å². The maximum Gasteiger partial charge on any atom is 0.260 e. The summed E-state index contributed by atoms with van der Waals surface area (Å²) in [5.41, 5.74) is 4.02. The van der Waals surface area contributed by atoms with Gasteiger partial charge in [-0.25, -0.2) is 0 Å². The Morgan fingerprint density at radius 3 is 2.82 bits per heavy atom. The topological polar surface area (TPSA) is 50.4 Å². The van der Waals surface area contributed by atoms with Gasteiger partial charge >= 0.3 is 0 Å². The highest BCUT2D eigenvalue weighted by atomic mass is 35.5. The minimum atomic E-state index is -0.255. The smallest absolute Gasteiger partial charge is 0.260 e. The first-order valence-corrected chi connectivity index (χ1v) is 7.35. The van der Waals surface area contributed by atoms with E-state index in [1.807, 2.05) is 31.3 Å². The molecule has 0 saturated carbocycles. The van der Waals surface area contributed by atoms with Crippen molar-refractivity contribution in [2.45, 2.75) is 6.23 Å². The summed E-state index contributed by atoms with van der Waals surface area (Å²) in [5.74, 6) is 0.423. The third kappa shape index (κ3) is 1.85. The number of ether oxygens (including phenoxy) is 1. The number of fused-ring (bicyclic) bond motifs is 2. The van der Waals surface area contributed by atoms with Gasteiger partial charge in [-0.15, -0.1) is 0 Å². The predicted molar refractivity (Wildman–Crippen MR) is 86.2 cm³/mol. The molecule has 2 aliphatic heterocycles. The summed E-state index contributed by atoms with van der Waals surface area (Å²) in [6.07, 6.45) is -0.255. The molecule has 0 fully saturated rings. The molecule has 2 aromatic rings. The summed E-state index contributed by atoms with van der Waals surface area (Å²) in [6.45, 7) is 0. The van der Waals surface area contributed by atoms with Gasteiger partial charge in [0.2, 0.25) is 0 Å². The Kier molecular flexibility index (Phi) is 2.96. The zero-order valence-electron chi connectivity index (χ0n) is 11.8. The molecule has 22 heavy (non-hydrogen) atoms. The van der Waals surface area contributed by atoms with Crippen molar-refractivity contribution in [2.24, 2.45) is 0 Å².